The van der Waals surface area contributed by atoms with Gasteiger partial charge in [-0.15, -0.1) is 0 Å². The van der Waals surface area contributed by atoms with Crippen LogP contribution in [0, 0.1) is 0 Å². The average Bonchev–Trinajstić information content (AvgIpc) is 2.64. The molecule has 20 heavy (non-hydrogen) atoms. The number of anilines is 1. The summed E-state index contributed by atoms with van der Waals surface area (Å²) in [5.41, 5.74) is 6.18. The van der Waals surface area contributed by atoms with Crippen molar-refractivity contribution >= 4 is 15.7 Å². The molecule has 1 saturated heterocycles. The molecule has 1 aliphatic heterocycles. The highest BCUT2D eigenvalue weighted by atomic mass is 32.2. The van der Waals surface area contributed by atoms with Crippen LogP contribution in [0.25, 0.3) is 0 Å². The van der Waals surface area contributed by atoms with Gasteiger partial charge in [-0.3, -0.25) is 0 Å². The van der Waals surface area contributed by atoms with E-state index in [9.17, 15) is 8.42 Å². The normalized spacial score (nSPS) is 21.4. The number of nitrogens with two attached hydrogens (primary N) is 1. The molecular formula is C14H22N2O3S. The Labute approximate surface area is 120 Å². The van der Waals surface area contributed by atoms with Crippen molar-refractivity contribution in [3.8, 4) is 5.75 Å². The summed E-state index contributed by atoms with van der Waals surface area (Å²) in [6.45, 7) is 2.55. The van der Waals surface area contributed by atoms with Crippen LogP contribution in [0.3, 0.4) is 0 Å². The van der Waals surface area contributed by atoms with E-state index in [0.717, 1.165) is 25.7 Å². The minimum atomic E-state index is -3.49. The number of nitrogens with zero attached hydrogens (tertiary/aromatic N) is 1. The Hall–Kier alpha value is -1.27. The predicted molar refractivity (Wildman–Crippen MR) is 79.2 cm³/mol. The summed E-state index contributed by atoms with van der Waals surface area (Å²) in [5.74, 6) is 0.397. The Morgan fingerprint density at radius 1 is 1.30 bits per heavy atom. The molecule has 0 aromatic heterocycles. The van der Waals surface area contributed by atoms with Gasteiger partial charge in [-0.05, 0) is 31.9 Å². The highest BCUT2D eigenvalue weighted by Gasteiger charge is 2.30. The third-order valence-electron chi connectivity index (χ3n) is 3.80. The van der Waals surface area contributed by atoms with Gasteiger partial charge in [0.1, 0.15) is 5.75 Å². The maximum absolute atomic E-state index is 12.8. The molecule has 1 aromatic carbocycles. The first-order valence-electron chi connectivity index (χ1n) is 6.92. The maximum atomic E-state index is 12.8. The standard InChI is InChI=1S/C14H22N2O3S/c1-11-6-4-3-5-9-16(11)20(17,18)12-7-8-13(15)14(10-12)19-2/h7-8,10-11H,3-6,9,15H2,1-2H3. The predicted octanol–water partition coefficient (Wildman–Crippen LogP) is 2.23. The molecule has 5 nitrogen and oxygen atoms in total. The van der Waals surface area contributed by atoms with E-state index in [1.165, 1.54) is 13.2 Å². The minimum absolute atomic E-state index is 0.0334. The monoisotopic (exact) mass is 298 g/mol. The summed E-state index contributed by atoms with van der Waals surface area (Å²) in [7, 11) is -2.00. The van der Waals surface area contributed by atoms with Crippen LogP contribution < -0.4 is 10.5 Å². The molecule has 1 heterocycles. The van der Waals surface area contributed by atoms with Crippen molar-refractivity contribution in [1.82, 2.24) is 4.31 Å². The highest BCUT2D eigenvalue weighted by Crippen LogP contribution is 2.29. The lowest BCUT2D eigenvalue weighted by Crippen LogP contribution is -2.38. The van der Waals surface area contributed by atoms with Gasteiger partial charge in [0.2, 0.25) is 10.0 Å². The number of ether oxygens (including phenoxy) is 1. The molecule has 0 amide bonds. The lowest BCUT2D eigenvalue weighted by Gasteiger charge is -2.26. The zero-order chi connectivity index (χ0) is 14.8. The number of nitrogen functional groups attached to an aromatic ring is 1. The lowest BCUT2D eigenvalue weighted by molar-refractivity contribution is 0.341. The molecule has 0 aliphatic carbocycles. The zero-order valence-electron chi connectivity index (χ0n) is 12.0. The Morgan fingerprint density at radius 2 is 2.05 bits per heavy atom. The van der Waals surface area contributed by atoms with Crippen LogP contribution in [0.1, 0.15) is 32.6 Å². The van der Waals surface area contributed by atoms with Crippen LogP contribution >= 0.6 is 0 Å². The first-order valence-corrected chi connectivity index (χ1v) is 8.36. The molecule has 2 N–H and O–H groups in total. The Balaban J connectivity index is 2.38. The van der Waals surface area contributed by atoms with Gasteiger partial charge < -0.3 is 10.5 Å². The van der Waals surface area contributed by atoms with Crippen molar-refractivity contribution < 1.29 is 13.2 Å². The summed E-state index contributed by atoms with van der Waals surface area (Å²) in [5, 5.41) is 0. The van der Waals surface area contributed by atoms with E-state index >= 15 is 0 Å². The SMILES string of the molecule is COc1cc(S(=O)(=O)N2CCCCCC2C)ccc1N. The summed E-state index contributed by atoms with van der Waals surface area (Å²) in [6.07, 6.45) is 3.99. The molecule has 6 heteroatoms. The second-order valence-electron chi connectivity index (χ2n) is 5.22. The second-order valence-corrected chi connectivity index (χ2v) is 7.11. The summed E-state index contributed by atoms with van der Waals surface area (Å²) in [6, 6.07) is 4.66. The quantitative estimate of drug-likeness (QED) is 0.869. The van der Waals surface area contributed by atoms with Crippen molar-refractivity contribution in [3.05, 3.63) is 18.2 Å². The summed E-state index contributed by atoms with van der Waals surface area (Å²) < 4.78 is 32.2. The van der Waals surface area contributed by atoms with E-state index in [0.29, 0.717) is 18.0 Å². The zero-order valence-corrected chi connectivity index (χ0v) is 12.8. The van der Waals surface area contributed by atoms with Gasteiger partial charge in [0.15, 0.2) is 0 Å². The van der Waals surface area contributed by atoms with Crippen LogP contribution in [-0.4, -0.2) is 32.4 Å². The van der Waals surface area contributed by atoms with Crippen LogP contribution in [0.15, 0.2) is 23.1 Å². The number of sulfonamides is 1. The van der Waals surface area contributed by atoms with E-state index in [1.54, 1.807) is 16.4 Å². The molecule has 1 fully saturated rings. The molecule has 1 aliphatic rings. The van der Waals surface area contributed by atoms with Crippen LogP contribution in [-0.2, 0) is 10.0 Å². The first kappa shape index (κ1) is 15.1. The molecule has 1 aromatic rings. The smallest absolute Gasteiger partial charge is 0.243 e. The van der Waals surface area contributed by atoms with E-state index in [4.69, 9.17) is 10.5 Å². The van der Waals surface area contributed by atoms with Gasteiger partial charge in [0, 0.05) is 18.7 Å². The summed E-state index contributed by atoms with van der Waals surface area (Å²) >= 11 is 0. The van der Waals surface area contributed by atoms with Crippen LogP contribution in [0.2, 0.25) is 0 Å². The number of benzene rings is 1. The van der Waals surface area contributed by atoms with E-state index in [1.807, 2.05) is 6.92 Å². The highest BCUT2D eigenvalue weighted by molar-refractivity contribution is 7.89. The molecule has 0 saturated carbocycles. The number of hydrogen-bond acceptors (Lipinski definition) is 4. The minimum Gasteiger partial charge on any atom is -0.495 e. The van der Waals surface area contributed by atoms with Crippen molar-refractivity contribution in [2.75, 3.05) is 19.4 Å². The third kappa shape index (κ3) is 2.91. The van der Waals surface area contributed by atoms with Crippen molar-refractivity contribution in [1.29, 1.82) is 0 Å². The fourth-order valence-corrected chi connectivity index (χ4v) is 4.31. The maximum Gasteiger partial charge on any atom is 0.243 e. The van der Waals surface area contributed by atoms with Gasteiger partial charge in [-0.1, -0.05) is 12.8 Å². The molecule has 0 bridgehead atoms. The van der Waals surface area contributed by atoms with Gasteiger partial charge in [0.05, 0.1) is 17.7 Å². The summed E-state index contributed by atoms with van der Waals surface area (Å²) in [4.78, 5) is 0.248. The Bertz CT molecular complexity index is 572. The van der Waals surface area contributed by atoms with Crippen molar-refractivity contribution in [3.63, 3.8) is 0 Å². The van der Waals surface area contributed by atoms with Crippen LogP contribution in [0.5, 0.6) is 5.75 Å². The molecular weight excluding hydrogens is 276 g/mol. The molecule has 0 spiro atoms. The number of methoxy groups -OCH3 is 1. The fraction of sp³-hybridized carbons (Fsp3) is 0.571. The van der Waals surface area contributed by atoms with Gasteiger partial charge in [-0.2, -0.15) is 4.31 Å². The van der Waals surface area contributed by atoms with Gasteiger partial charge >= 0.3 is 0 Å². The van der Waals surface area contributed by atoms with E-state index in [2.05, 4.69) is 0 Å². The van der Waals surface area contributed by atoms with E-state index in [-0.39, 0.29) is 10.9 Å². The Morgan fingerprint density at radius 3 is 2.75 bits per heavy atom. The molecule has 2 rings (SSSR count). The van der Waals surface area contributed by atoms with E-state index < -0.39 is 10.0 Å². The average molecular weight is 298 g/mol. The van der Waals surface area contributed by atoms with Crippen molar-refractivity contribution in [2.45, 2.75) is 43.5 Å². The topological polar surface area (TPSA) is 72.6 Å². The molecule has 1 atom stereocenters. The second kappa shape index (κ2) is 6.01. The van der Waals surface area contributed by atoms with Gasteiger partial charge in [-0.25, -0.2) is 8.42 Å². The van der Waals surface area contributed by atoms with Crippen LogP contribution in [0.4, 0.5) is 5.69 Å². The third-order valence-corrected chi connectivity index (χ3v) is 5.81. The van der Waals surface area contributed by atoms with Gasteiger partial charge in [0.25, 0.3) is 0 Å². The molecule has 0 radical (unpaired) electrons. The first-order chi connectivity index (χ1) is 9.46. The Kier molecular flexibility index (Phi) is 4.55. The fourth-order valence-electron chi connectivity index (χ4n) is 2.59. The lowest BCUT2D eigenvalue weighted by atomic mass is 10.1. The molecule has 112 valence electrons. The van der Waals surface area contributed by atoms with Crippen molar-refractivity contribution in [2.24, 2.45) is 0 Å². The largest absolute Gasteiger partial charge is 0.495 e. The number of hydrogen-bond donors (Lipinski definition) is 1. The number of rotatable bonds is 3. The molecule has 1 unspecified atom stereocenters.